The number of benzene rings is 1. The highest BCUT2D eigenvalue weighted by Crippen LogP contribution is 2.30. The van der Waals surface area contributed by atoms with Crippen LogP contribution in [0.3, 0.4) is 0 Å². The van der Waals surface area contributed by atoms with Crippen LogP contribution >= 0.6 is 0 Å². The van der Waals surface area contributed by atoms with Gasteiger partial charge in [-0.15, -0.1) is 0 Å². The van der Waals surface area contributed by atoms with Crippen molar-refractivity contribution in [2.45, 2.75) is 31.5 Å². The third kappa shape index (κ3) is 4.37. The molecule has 1 fully saturated rings. The van der Waals surface area contributed by atoms with Gasteiger partial charge in [-0.25, -0.2) is 4.79 Å². The molecule has 1 heterocycles. The molecule has 0 radical (unpaired) electrons. The minimum atomic E-state index is -4.49. The fourth-order valence-corrected chi connectivity index (χ4v) is 2.69. The van der Waals surface area contributed by atoms with E-state index in [0.29, 0.717) is 13.0 Å². The standard InChI is InChI=1S/C15H18F3N3O2/c16-15(17,18)11-5-3-4-10(8-11)13(22)21-7-2-1-6-12(21)9-20-14(19)23/h3-5,8,12H,1-2,6-7,9H2,(H3,19,20,23)/t12-/m1/s1. The number of carbonyl (C=O) groups excluding carboxylic acids is 2. The Morgan fingerprint density at radius 1 is 1.30 bits per heavy atom. The first-order valence-electron chi connectivity index (χ1n) is 7.30. The highest BCUT2D eigenvalue weighted by Gasteiger charge is 2.32. The Morgan fingerprint density at radius 2 is 2.04 bits per heavy atom. The number of rotatable bonds is 3. The molecule has 0 aliphatic carbocycles. The summed E-state index contributed by atoms with van der Waals surface area (Å²) < 4.78 is 38.3. The molecule has 3 N–H and O–H groups in total. The summed E-state index contributed by atoms with van der Waals surface area (Å²) >= 11 is 0. The van der Waals surface area contributed by atoms with Crippen molar-refractivity contribution in [2.75, 3.05) is 13.1 Å². The highest BCUT2D eigenvalue weighted by atomic mass is 19.4. The number of urea groups is 1. The first kappa shape index (κ1) is 17.1. The Hall–Kier alpha value is -2.25. The van der Waals surface area contributed by atoms with Crippen LogP contribution in [0.4, 0.5) is 18.0 Å². The molecule has 1 aromatic rings. The van der Waals surface area contributed by atoms with Crippen molar-refractivity contribution in [3.05, 3.63) is 35.4 Å². The maximum Gasteiger partial charge on any atom is 0.416 e. The van der Waals surface area contributed by atoms with E-state index in [1.807, 2.05) is 0 Å². The van der Waals surface area contributed by atoms with Gasteiger partial charge in [-0.2, -0.15) is 13.2 Å². The van der Waals surface area contributed by atoms with E-state index in [9.17, 15) is 22.8 Å². The molecule has 8 heteroatoms. The first-order valence-corrected chi connectivity index (χ1v) is 7.30. The number of nitrogens with zero attached hydrogens (tertiary/aromatic N) is 1. The van der Waals surface area contributed by atoms with Crippen LogP contribution in [-0.2, 0) is 6.18 Å². The third-order valence-corrected chi connectivity index (χ3v) is 3.84. The van der Waals surface area contributed by atoms with Gasteiger partial charge in [0.25, 0.3) is 5.91 Å². The molecule has 5 nitrogen and oxygen atoms in total. The number of nitrogens with two attached hydrogens (primary N) is 1. The number of hydrogen-bond donors (Lipinski definition) is 2. The van der Waals surface area contributed by atoms with E-state index in [-0.39, 0.29) is 18.2 Å². The molecule has 0 bridgehead atoms. The number of halogens is 3. The van der Waals surface area contributed by atoms with Crippen LogP contribution in [0, 0.1) is 0 Å². The van der Waals surface area contributed by atoms with Crippen LogP contribution < -0.4 is 11.1 Å². The van der Waals surface area contributed by atoms with E-state index in [2.05, 4.69) is 5.32 Å². The molecule has 1 aromatic carbocycles. The maximum absolute atomic E-state index is 12.8. The van der Waals surface area contributed by atoms with Crippen molar-refractivity contribution in [1.29, 1.82) is 0 Å². The van der Waals surface area contributed by atoms with E-state index < -0.39 is 23.7 Å². The van der Waals surface area contributed by atoms with Crippen molar-refractivity contribution in [2.24, 2.45) is 5.73 Å². The molecule has 1 saturated heterocycles. The van der Waals surface area contributed by atoms with Gasteiger partial charge in [-0.1, -0.05) is 6.07 Å². The van der Waals surface area contributed by atoms with Crippen LogP contribution in [0.25, 0.3) is 0 Å². The molecular weight excluding hydrogens is 311 g/mol. The quantitative estimate of drug-likeness (QED) is 0.893. The predicted molar refractivity (Wildman–Crippen MR) is 77.7 cm³/mol. The number of amides is 3. The number of alkyl halides is 3. The SMILES string of the molecule is NC(=O)NC[C@H]1CCCCN1C(=O)c1cccc(C(F)(F)F)c1. The van der Waals surface area contributed by atoms with E-state index >= 15 is 0 Å². The molecule has 3 amide bonds. The van der Waals surface area contributed by atoms with Gasteiger partial charge >= 0.3 is 12.2 Å². The van der Waals surface area contributed by atoms with E-state index in [1.165, 1.54) is 17.0 Å². The van der Waals surface area contributed by atoms with Gasteiger partial charge in [0.2, 0.25) is 0 Å². The summed E-state index contributed by atoms with van der Waals surface area (Å²) in [7, 11) is 0. The van der Waals surface area contributed by atoms with Gasteiger partial charge in [-0.3, -0.25) is 4.79 Å². The largest absolute Gasteiger partial charge is 0.416 e. The number of likely N-dealkylation sites (tertiary alicyclic amines) is 1. The zero-order valence-corrected chi connectivity index (χ0v) is 12.4. The minimum Gasteiger partial charge on any atom is -0.352 e. The molecule has 2 rings (SSSR count). The normalized spacial score (nSPS) is 18.6. The highest BCUT2D eigenvalue weighted by molar-refractivity contribution is 5.94. The fourth-order valence-electron chi connectivity index (χ4n) is 2.69. The third-order valence-electron chi connectivity index (χ3n) is 3.84. The van der Waals surface area contributed by atoms with Crippen LogP contribution in [0.2, 0.25) is 0 Å². The van der Waals surface area contributed by atoms with Gasteiger partial charge in [0.15, 0.2) is 0 Å². The van der Waals surface area contributed by atoms with Crippen molar-refractivity contribution in [1.82, 2.24) is 10.2 Å². The lowest BCUT2D eigenvalue weighted by atomic mass is 10.00. The Kier molecular flexibility index (Phi) is 5.12. The van der Waals surface area contributed by atoms with Crippen molar-refractivity contribution in [3.63, 3.8) is 0 Å². The summed E-state index contributed by atoms with van der Waals surface area (Å²) in [5.41, 5.74) is 4.17. The van der Waals surface area contributed by atoms with Crippen LogP contribution in [0.1, 0.15) is 35.2 Å². The molecule has 126 valence electrons. The number of primary amides is 1. The molecule has 0 aromatic heterocycles. The van der Waals surface area contributed by atoms with Crippen molar-refractivity contribution in [3.8, 4) is 0 Å². The summed E-state index contributed by atoms with van der Waals surface area (Å²) in [6.45, 7) is 0.639. The fraction of sp³-hybridized carbons (Fsp3) is 0.467. The average Bonchev–Trinajstić information content (AvgIpc) is 2.52. The topological polar surface area (TPSA) is 75.4 Å². The molecule has 23 heavy (non-hydrogen) atoms. The number of nitrogens with one attached hydrogen (secondary N) is 1. The number of hydrogen-bond acceptors (Lipinski definition) is 2. The Labute approximate surface area is 131 Å². The molecule has 0 unspecified atom stereocenters. The number of carbonyl (C=O) groups is 2. The van der Waals surface area contributed by atoms with Gasteiger partial charge in [0.1, 0.15) is 0 Å². The molecule has 1 aliphatic rings. The van der Waals surface area contributed by atoms with Gasteiger partial charge < -0.3 is 16.0 Å². The van der Waals surface area contributed by atoms with Crippen molar-refractivity contribution >= 4 is 11.9 Å². The van der Waals surface area contributed by atoms with E-state index in [0.717, 1.165) is 25.0 Å². The van der Waals surface area contributed by atoms with Crippen LogP contribution in [0.5, 0.6) is 0 Å². The molecular formula is C15H18F3N3O2. The summed E-state index contributed by atoms with van der Waals surface area (Å²) in [5.74, 6) is -0.466. The second-order valence-corrected chi connectivity index (χ2v) is 5.47. The predicted octanol–water partition coefficient (Wildman–Crippen LogP) is 2.37. The molecule has 0 saturated carbocycles. The van der Waals surface area contributed by atoms with Crippen LogP contribution in [0.15, 0.2) is 24.3 Å². The first-order chi connectivity index (χ1) is 10.8. The smallest absolute Gasteiger partial charge is 0.352 e. The minimum absolute atomic E-state index is 0.00852. The Balaban J connectivity index is 2.18. The molecule has 0 spiro atoms. The monoisotopic (exact) mass is 329 g/mol. The zero-order valence-electron chi connectivity index (χ0n) is 12.4. The molecule has 1 atom stereocenters. The summed E-state index contributed by atoms with van der Waals surface area (Å²) in [4.78, 5) is 24.9. The number of piperidine rings is 1. The van der Waals surface area contributed by atoms with E-state index in [4.69, 9.17) is 5.73 Å². The molecule has 1 aliphatic heterocycles. The van der Waals surface area contributed by atoms with Gasteiger partial charge in [-0.05, 0) is 37.5 Å². The summed E-state index contributed by atoms with van der Waals surface area (Å²) in [5, 5.41) is 2.45. The second kappa shape index (κ2) is 6.89. The average molecular weight is 329 g/mol. The zero-order chi connectivity index (χ0) is 17.0. The summed E-state index contributed by atoms with van der Waals surface area (Å²) in [6, 6.07) is 3.41. The van der Waals surface area contributed by atoms with Crippen molar-refractivity contribution < 1.29 is 22.8 Å². The van der Waals surface area contributed by atoms with E-state index in [1.54, 1.807) is 0 Å². The summed E-state index contributed by atoms with van der Waals surface area (Å²) in [6.07, 6.45) is -2.16. The maximum atomic E-state index is 12.8. The Morgan fingerprint density at radius 3 is 2.70 bits per heavy atom. The van der Waals surface area contributed by atoms with Gasteiger partial charge in [0.05, 0.1) is 5.56 Å². The second-order valence-electron chi connectivity index (χ2n) is 5.47. The lowest BCUT2D eigenvalue weighted by Crippen LogP contribution is -2.50. The van der Waals surface area contributed by atoms with Crippen LogP contribution in [-0.4, -0.2) is 36.0 Å². The Bertz CT molecular complexity index is 590. The lowest BCUT2D eigenvalue weighted by molar-refractivity contribution is -0.137. The van der Waals surface area contributed by atoms with Gasteiger partial charge in [0, 0.05) is 24.7 Å². The lowest BCUT2D eigenvalue weighted by Gasteiger charge is -2.36.